The number of aromatic nitrogens is 4. The minimum absolute atomic E-state index is 0. The number of hydrogen-bond donors (Lipinski definition) is 0. The van der Waals surface area contributed by atoms with Gasteiger partial charge in [0.15, 0.2) is 0 Å². The van der Waals surface area contributed by atoms with Gasteiger partial charge in [-0.05, 0) is 102 Å². The van der Waals surface area contributed by atoms with Crippen LogP contribution >= 0.6 is 34.8 Å². The molecule has 0 saturated heterocycles. The van der Waals surface area contributed by atoms with Crippen LogP contribution in [0.1, 0.15) is 28.3 Å². The zero-order chi connectivity index (χ0) is 38.8. The largest absolute Gasteiger partial charge is 2.00 e. The Bertz CT molecular complexity index is 2570. The maximum absolute atomic E-state index is 16.0. The molecule has 4 aromatic carbocycles. The minimum atomic E-state index is -0.644. The van der Waals surface area contributed by atoms with E-state index in [1.807, 2.05) is 0 Å². The molecule has 7 aromatic rings. The van der Waals surface area contributed by atoms with E-state index >= 15 is 17.6 Å². The van der Waals surface area contributed by atoms with Crippen LogP contribution in [0.15, 0.2) is 97.1 Å². The summed E-state index contributed by atoms with van der Waals surface area (Å²) in [4.78, 5) is 19.8. The molecule has 0 amide bonds. The van der Waals surface area contributed by atoms with Crippen LogP contribution in [0.25, 0.3) is 90.9 Å². The van der Waals surface area contributed by atoms with E-state index < -0.39 is 23.3 Å². The number of aryl methyl sites for hydroxylation is 1. The number of fused-ring (bicyclic) bond motifs is 8. The second-order valence-corrected chi connectivity index (χ2v) is 14.3. The van der Waals surface area contributed by atoms with Gasteiger partial charge < -0.3 is 9.97 Å². The quantitative estimate of drug-likeness (QED) is 0.165. The summed E-state index contributed by atoms with van der Waals surface area (Å²) in [7, 11) is 0. The van der Waals surface area contributed by atoms with Crippen molar-refractivity contribution in [2.75, 3.05) is 0 Å². The van der Waals surface area contributed by atoms with Gasteiger partial charge in [0, 0.05) is 22.3 Å². The Kier molecular flexibility index (Phi) is 10.3. The molecule has 0 atom stereocenters. The second-order valence-electron chi connectivity index (χ2n) is 13.1. The normalized spacial score (nSPS) is 11.9. The number of rotatable bonds is 4. The van der Waals surface area contributed by atoms with Crippen molar-refractivity contribution >= 4 is 81.2 Å². The van der Waals surface area contributed by atoms with Gasteiger partial charge in [0.05, 0.1) is 37.8 Å². The summed E-state index contributed by atoms with van der Waals surface area (Å²) < 4.78 is 63.8. The van der Waals surface area contributed by atoms with Gasteiger partial charge >= 0.3 is 21.1 Å². The van der Waals surface area contributed by atoms with Crippen LogP contribution in [0.4, 0.5) is 17.6 Å². The Morgan fingerprint density at radius 1 is 0.386 bits per heavy atom. The number of nitrogens with zero attached hydrogens (tertiary/aromatic N) is 4. The molecular formula is C45H23Cl3F4N4Pt. The molecule has 0 saturated carbocycles. The summed E-state index contributed by atoms with van der Waals surface area (Å²) in [6.07, 6.45) is 6.63. The topological polar surface area (TPSA) is 54.0 Å². The first kappa shape index (κ1) is 38.6. The summed E-state index contributed by atoms with van der Waals surface area (Å²) in [5.74, 6) is -2.43. The summed E-state index contributed by atoms with van der Waals surface area (Å²) >= 11 is 20.1. The Morgan fingerprint density at radius 2 is 0.667 bits per heavy atom. The first-order valence-electron chi connectivity index (χ1n) is 17.2. The monoisotopic (exact) mass is 995 g/mol. The molecule has 2 aliphatic rings. The van der Waals surface area contributed by atoms with Gasteiger partial charge in [-0.2, -0.15) is 0 Å². The second kappa shape index (κ2) is 15.3. The maximum atomic E-state index is 16.0. The Morgan fingerprint density at radius 3 is 0.965 bits per heavy atom. The predicted octanol–water partition coefficient (Wildman–Crippen LogP) is 13.4. The molecule has 2 aliphatic heterocycles. The van der Waals surface area contributed by atoms with E-state index in [-0.39, 0.29) is 109 Å². The molecule has 0 unspecified atom stereocenters. The third kappa shape index (κ3) is 6.64. The molecule has 282 valence electrons. The molecule has 5 heterocycles. The molecule has 0 fully saturated rings. The summed E-state index contributed by atoms with van der Waals surface area (Å²) in [6, 6.07) is 24.3. The van der Waals surface area contributed by atoms with Crippen molar-refractivity contribution in [3.8, 4) is 44.5 Å². The molecule has 8 bridgehead atoms. The fourth-order valence-corrected chi connectivity index (χ4v) is 8.04. The molecule has 0 aliphatic carbocycles. The smallest absolute Gasteiger partial charge is 0.657 e. The molecule has 0 N–H and O–H groups in total. The maximum Gasteiger partial charge on any atom is 2.00 e. The molecule has 9 rings (SSSR count). The fraction of sp³-hybridized carbons (Fsp3) is 0.0222. The molecule has 3 aromatic heterocycles. The van der Waals surface area contributed by atoms with E-state index in [2.05, 4.69) is 0 Å². The Balaban J connectivity index is 0.00000455. The zero-order valence-corrected chi connectivity index (χ0v) is 33.8. The molecule has 12 heteroatoms. The van der Waals surface area contributed by atoms with Crippen LogP contribution in [0.3, 0.4) is 0 Å². The molecule has 4 nitrogen and oxygen atoms in total. The van der Waals surface area contributed by atoms with E-state index in [4.69, 9.17) is 54.7 Å². The van der Waals surface area contributed by atoms with Crippen molar-refractivity contribution in [3.63, 3.8) is 0 Å². The van der Waals surface area contributed by atoms with Gasteiger partial charge in [-0.3, -0.25) is 0 Å². The summed E-state index contributed by atoms with van der Waals surface area (Å²) in [6.45, 7) is 1.77. The number of hydrogen-bond acceptors (Lipinski definition) is 2. The minimum Gasteiger partial charge on any atom is -0.657 e. The Hall–Kier alpha value is -5.24. The SMILES string of the molecule is Cc1cccc(F)c1-c1c2nc(c(-c3c(F)cccc3Cl)c3ccc([n-]3)c(-c3c(F)cccc3Cl)c3nc(c(-c4c(F)cccc4Cl)c4ccc1[n-]4)C=C3)C=C2.[Pt+2]. The summed E-state index contributed by atoms with van der Waals surface area (Å²) in [5, 5.41) is 0.277. The van der Waals surface area contributed by atoms with Crippen LogP contribution in [-0.2, 0) is 21.1 Å². The average molecular weight is 997 g/mol. The summed E-state index contributed by atoms with van der Waals surface area (Å²) in [5.41, 5.74) is 4.09. The molecule has 57 heavy (non-hydrogen) atoms. The third-order valence-corrected chi connectivity index (χ3v) is 10.7. The van der Waals surface area contributed by atoms with Crippen LogP contribution in [0.5, 0.6) is 0 Å². The van der Waals surface area contributed by atoms with Gasteiger partial charge in [0.1, 0.15) is 23.3 Å². The molecule has 0 radical (unpaired) electrons. The number of benzene rings is 4. The van der Waals surface area contributed by atoms with Gasteiger partial charge in [-0.1, -0.05) is 89.4 Å². The van der Waals surface area contributed by atoms with Gasteiger partial charge in [-0.25, -0.2) is 27.5 Å². The van der Waals surface area contributed by atoms with Crippen molar-refractivity contribution in [1.29, 1.82) is 0 Å². The van der Waals surface area contributed by atoms with Crippen LogP contribution in [0.2, 0.25) is 15.1 Å². The average Bonchev–Trinajstić information content (AvgIpc) is 4.00. The zero-order valence-electron chi connectivity index (χ0n) is 29.3. The van der Waals surface area contributed by atoms with E-state index in [1.54, 1.807) is 85.8 Å². The van der Waals surface area contributed by atoms with Crippen LogP contribution in [-0.4, -0.2) is 9.97 Å². The molecular weight excluding hydrogens is 974 g/mol. The van der Waals surface area contributed by atoms with E-state index in [9.17, 15) is 0 Å². The van der Waals surface area contributed by atoms with Crippen molar-refractivity contribution < 1.29 is 38.6 Å². The third-order valence-electron chi connectivity index (χ3n) is 9.72. The fourth-order valence-electron chi connectivity index (χ4n) is 7.27. The van der Waals surface area contributed by atoms with Crippen LogP contribution in [0, 0.1) is 30.2 Å². The van der Waals surface area contributed by atoms with E-state index in [0.717, 1.165) is 0 Å². The van der Waals surface area contributed by atoms with Gasteiger partial charge in [0.25, 0.3) is 0 Å². The Labute approximate surface area is 352 Å². The number of halogens is 7. The van der Waals surface area contributed by atoms with Crippen molar-refractivity contribution in [3.05, 3.63) is 164 Å². The predicted molar refractivity (Wildman–Crippen MR) is 218 cm³/mol. The van der Waals surface area contributed by atoms with E-state index in [0.29, 0.717) is 22.3 Å². The van der Waals surface area contributed by atoms with Gasteiger partial charge in [0.2, 0.25) is 0 Å². The van der Waals surface area contributed by atoms with Crippen LogP contribution < -0.4 is 9.97 Å². The van der Waals surface area contributed by atoms with E-state index in [1.165, 1.54) is 42.5 Å². The first-order valence-corrected chi connectivity index (χ1v) is 18.4. The first-order chi connectivity index (χ1) is 27.1. The van der Waals surface area contributed by atoms with Crippen molar-refractivity contribution in [1.82, 2.24) is 19.9 Å². The van der Waals surface area contributed by atoms with Crippen molar-refractivity contribution in [2.24, 2.45) is 0 Å². The molecule has 0 spiro atoms. The van der Waals surface area contributed by atoms with Gasteiger partial charge in [-0.15, -0.1) is 22.1 Å². The standard InChI is InChI=1S/C45H23Cl3F4N4.Pt/c1-22-6-2-10-26(49)38(22)42-30-14-16-32(53-30)43(39-23(46)7-3-11-27(39)50)34-18-20-36(55-34)45(41-25(48)9-5-13-29(41)52)37-21-19-35(56-37)44(33-17-15-31(42)54-33)40-24(47)8-4-12-28(40)51;/h2-21H,1H3;/q-2;+2. The van der Waals surface area contributed by atoms with Crippen molar-refractivity contribution in [2.45, 2.75) is 6.92 Å².